The lowest BCUT2D eigenvalue weighted by molar-refractivity contribution is -0.472. The Morgan fingerprint density at radius 2 is 1.28 bits per heavy atom. The van der Waals surface area contributed by atoms with Crippen LogP contribution in [0.15, 0.2) is 0 Å². The number of fused-ring (bicyclic) bond motifs is 5. The van der Waals surface area contributed by atoms with Crippen molar-refractivity contribution in [1.29, 1.82) is 0 Å². The first kappa shape index (κ1) is 22.9. The third-order valence-corrected chi connectivity index (χ3v) is 8.36. The molecule has 3 aliphatic carbocycles. The van der Waals surface area contributed by atoms with E-state index in [0.717, 1.165) is 6.92 Å². The van der Waals surface area contributed by atoms with Crippen LogP contribution in [0.2, 0.25) is 0 Å². The summed E-state index contributed by atoms with van der Waals surface area (Å²) in [5.41, 5.74) is -10.8. The zero-order chi connectivity index (χ0) is 22.6. The highest BCUT2D eigenvalue weighted by atomic mass is 32.2. The summed E-state index contributed by atoms with van der Waals surface area (Å²) in [4.78, 5) is 0. The number of hydrogen-bond donors (Lipinski definition) is 0. The summed E-state index contributed by atoms with van der Waals surface area (Å²) in [7, 11) is -4.58. The first-order valence-corrected chi connectivity index (χ1v) is 10.1. The van der Waals surface area contributed by atoms with Gasteiger partial charge in [-0.15, -0.1) is 0 Å². The van der Waals surface area contributed by atoms with Gasteiger partial charge < -0.3 is 0 Å². The molecule has 14 heteroatoms. The van der Waals surface area contributed by atoms with Crippen LogP contribution in [0, 0.1) is 11.8 Å². The number of alkyl halides is 10. The third-order valence-electron chi connectivity index (χ3n) is 6.53. The smallest absolute Gasteiger partial charge is 0.266 e. The molecule has 0 aliphatic heterocycles. The molecular formula is C15H16F10O3S. The number of hydrogen-bond acceptors (Lipinski definition) is 3. The van der Waals surface area contributed by atoms with Crippen molar-refractivity contribution in [3.63, 3.8) is 0 Å². The molecule has 3 fully saturated rings. The first-order chi connectivity index (χ1) is 12.8. The van der Waals surface area contributed by atoms with Crippen LogP contribution in [0.4, 0.5) is 43.9 Å². The van der Waals surface area contributed by atoms with E-state index in [9.17, 15) is 43.5 Å². The fourth-order valence-electron chi connectivity index (χ4n) is 4.68. The van der Waals surface area contributed by atoms with Crippen molar-refractivity contribution >= 4 is 10.1 Å². The Morgan fingerprint density at radius 3 is 1.72 bits per heavy atom. The standard InChI is InChI=1S/C15H16F10O3S/c1-3-6(2)29(26,27)28-9-5-7-4-8(9)11(17)10(7,16)12(18,19)14(22,23)15(24,25)13(11,20)21/h6-9H,3-5H2,1-2H3. The van der Waals surface area contributed by atoms with E-state index in [0.29, 0.717) is 0 Å². The molecular weight excluding hydrogens is 450 g/mol. The molecule has 0 radical (unpaired) electrons. The van der Waals surface area contributed by atoms with Gasteiger partial charge in [-0.3, -0.25) is 4.18 Å². The van der Waals surface area contributed by atoms with E-state index in [-0.39, 0.29) is 6.42 Å². The maximum atomic E-state index is 15.4. The van der Waals surface area contributed by atoms with Crippen LogP contribution < -0.4 is 0 Å². The topological polar surface area (TPSA) is 43.4 Å². The Hall–Kier alpha value is -0.790. The van der Waals surface area contributed by atoms with Crippen molar-refractivity contribution in [2.24, 2.45) is 11.8 Å². The average Bonchev–Trinajstić information content (AvgIpc) is 3.09. The highest BCUT2D eigenvalue weighted by Gasteiger charge is 3.04. The van der Waals surface area contributed by atoms with Crippen LogP contribution in [0.3, 0.4) is 0 Å². The quantitative estimate of drug-likeness (QED) is 0.453. The highest BCUT2D eigenvalue weighted by molar-refractivity contribution is 7.87. The lowest BCUT2D eigenvalue weighted by Crippen LogP contribution is -2.86. The molecule has 0 aromatic rings. The van der Waals surface area contributed by atoms with Crippen LogP contribution in [0.1, 0.15) is 33.1 Å². The summed E-state index contributed by atoms with van der Waals surface area (Å²) >= 11 is 0. The molecule has 170 valence electrons. The molecule has 3 rings (SSSR count). The van der Waals surface area contributed by atoms with E-state index < -0.39 is 81.2 Å². The largest absolute Gasteiger partial charge is 0.381 e. The summed E-state index contributed by atoms with van der Waals surface area (Å²) in [5, 5.41) is -1.26. The van der Waals surface area contributed by atoms with Crippen LogP contribution in [-0.2, 0) is 14.3 Å². The van der Waals surface area contributed by atoms with Gasteiger partial charge in [0.1, 0.15) is 0 Å². The minimum Gasteiger partial charge on any atom is -0.266 e. The van der Waals surface area contributed by atoms with Gasteiger partial charge in [-0.2, -0.15) is 43.5 Å². The minimum absolute atomic E-state index is 0.0600. The molecule has 0 heterocycles. The third kappa shape index (κ3) is 2.13. The fourth-order valence-corrected chi connectivity index (χ4v) is 5.84. The van der Waals surface area contributed by atoms with Crippen molar-refractivity contribution in [2.45, 2.75) is 79.5 Å². The summed E-state index contributed by atoms with van der Waals surface area (Å²) in [6, 6.07) is 0. The van der Waals surface area contributed by atoms with Crippen LogP contribution in [0.25, 0.3) is 0 Å². The van der Waals surface area contributed by atoms with E-state index >= 15 is 8.78 Å². The second kappa shape index (κ2) is 5.71. The summed E-state index contributed by atoms with van der Waals surface area (Å²) in [5.74, 6) is -32.3. The van der Waals surface area contributed by atoms with Gasteiger partial charge >= 0.3 is 23.7 Å². The molecule has 0 aromatic carbocycles. The van der Waals surface area contributed by atoms with Gasteiger partial charge in [0.25, 0.3) is 10.1 Å². The van der Waals surface area contributed by atoms with Gasteiger partial charge in [0.05, 0.1) is 11.4 Å². The maximum Gasteiger partial charge on any atom is 0.381 e. The summed E-state index contributed by atoms with van der Waals surface area (Å²) in [6.07, 6.45) is -4.66. The average molecular weight is 466 g/mol. The Labute approximate surface area is 158 Å². The van der Waals surface area contributed by atoms with E-state index in [1.807, 2.05) is 0 Å². The second-order valence-electron chi connectivity index (χ2n) is 7.84. The zero-order valence-corrected chi connectivity index (χ0v) is 15.7. The van der Waals surface area contributed by atoms with Crippen molar-refractivity contribution in [3.8, 4) is 0 Å². The molecule has 0 amide bonds. The van der Waals surface area contributed by atoms with Crippen molar-refractivity contribution in [1.82, 2.24) is 0 Å². The molecule has 2 bridgehead atoms. The van der Waals surface area contributed by atoms with Gasteiger partial charge in [0.15, 0.2) is 0 Å². The normalized spacial score (nSPS) is 45.0. The molecule has 3 aliphatic rings. The van der Waals surface area contributed by atoms with Gasteiger partial charge in [0, 0.05) is 11.8 Å². The van der Waals surface area contributed by atoms with Crippen molar-refractivity contribution in [3.05, 3.63) is 0 Å². The highest BCUT2D eigenvalue weighted by Crippen LogP contribution is 2.78. The molecule has 3 saturated carbocycles. The Bertz CT molecular complexity index is 815. The van der Waals surface area contributed by atoms with Crippen LogP contribution in [-0.4, -0.2) is 54.8 Å². The summed E-state index contributed by atoms with van der Waals surface area (Å²) in [6.45, 7) is 2.50. The van der Waals surface area contributed by atoms with Gasteiger partial charge in [0.2, 0.25) is 11.3 Å². The molecule has 6 unspecified atom stereocenters. The van der Waals surface area contributed by atoms with Crippen LogP contribution >= 0.6 is 0 Å². The van der Waals surface area contributed by atoms with Gasteiger partial charge in [-0.25, -0.2) is 8.78 Å². The number of rotatable bonds is 4. The molecule has 0 saturated heterocycles. The van der Waals surface area contributed by atoms with E-state index in [4.69, 9.17) is 0 Å². The first-order valence-electron chi connectivity index (χ1n) is 8.60. The Balaban J connectivity index is 2.15. The Morgan fingerprint density at radius 1 is 0.828 bits per heavy atom. The van der Waals surface area contributed by atoms with Gasteiger partial charge in [-0.1, -0.05) is 6.92 Å². The van der Waals surface area contributed by atoms with Crippen molar-refractivity contribution < 1.29 is 56.5 Å². The molecule has 0 N–H and O–H groups in total. The zero-order valence-electron chi connectivity index (χ0n) is 14.8. The molecule has 0 spiro atoms. The van der Waals surface area contributed by atoms with Crippen molar-refractivity contribution in [2.75, 3.05) is 0 Å². The minimum atomic E-state index is -6.95. The second-order valence-corrected chi connectivity index (χ2v) is 9.83. The van der Waals surface area contributed by atoms with Gasteiger partial charge in [-0.05, 0) is 26.2 Å². The fraction of sp³-hybridized carbons (Fsp3) is 1.00. The lowest BCUT2D eigenvalue weighted by atomic mass is 9.59. The van der Waals surface area contributed by atoms with E-state index in [1.54, 1.807) is 0 Å². The number of halogens is 10. The predicted molar refractivity (Wildman–Crippen MR) is 77.2 cm³/mol. The Kier molecular flexibility index (Phi) is 4.51. The van der Waals surface area contributed by atoms with E-state index in [2.05, 4.69) is 4.18 Å². The monoisotopic (exact) mass is 466 g/mol. The lowest BCUT2D eigenvalue weighted by Gasteiger charge is -2.58. The molecule has 3 nitrogen and oxygen atoms in total. The maximum absolute atomic E-state index is 15.4. The predicted octanol–water partition coefficient (Wildman–Crippen LogP) is 4.51. The van der Waals surface area contributed by atoms with Crippen LogP contribution in [0.5, 0.6) is 0 Å². The SMILES string of the molecule is CCC(C)S(=O)(=O)OC1CC2CC1C1(F)C(F)(F)C(F)(F)C(F)(F)C(F)(F)C21F. The molecule has 29 heavy (non-hydrogen) atoms. The van der Waals surface area contributed by atoms with E-state index in [1.165, 1.54) is 6.92 Å². The molecule has 6 atom stereocenters. The molecule has 0 aromatic heterocycles. The summed E-state index contributed by atoms with van der Waals surface area (Å²) < 4.78 is 171.